The number of nitrogens with one attached hydrogen (secondary N) is 2. The third-order valence-corrected chi connectivity index (χ3v) is 13.4. The van der Waals surface area contributed by atoms with Gasteiger partial charge in [-0.1, -0.05) is 37.8 Å². The Bertz CT molecular complexity index is 1330. The van der Waals surface area contributed by atoms with Crippen LogP contribution in [0.2, 0.25) is 0 Å². The average Bonchev–Trinajstić information content (AvgIpc) is 3.76. The van der Waals surface area contributed by atoms with Crippen LogP contribution in [0.3, 0.4) is 0 Å². The van der Waals surface area contributed by atoms with E-state index in [9.17, 15) is 19.2 Å². The standard InChI is InChI=1S/C38H55IN4O5/c1-23(44)34(26-9-5-4-6-10-26)40-37(46)33-20-31(22-42(33)3)48-30-13-7-11-28(19-30)25-15-17-27(18-16-25)35(24(2)45)41-38(47)36-32-14-8-12-29(32)21-43(36)39/h7,11,13,19,25-27,29,31-36H,4-6,8-10,12,14-18,20-22H2,1-3H3,(H,40,46)(H,41,47)/t25?,27?,29-,31-,32-,33-,34+,35+,36-/m0/s1. The van der Waals surface area contributed by atoms with Crippen LogP contribution in [0, 0.1) is 23.7 Å². The molecular formula is C38H55IN4O5. The summed E-state index contributed by atoms with van der Waals surface area (Å²) < 4.78 is 8.63. The zero-order valence-corrected chi connectivity index (χ0v) is 31.2. The van der Waals surface area contributed by atoms with Crippen molar-refractivity contribution in [3.8, 4) is 5.75 Å². The zero-order valence-electron chi connectivity index (χ0n) is 29.0. The fourth-order valence-electron chi connectivity index (χ4n) is 9.80. The second-order valence-corrected chi connectivity index (χ2v) is 16.8. The maximum Gasteiger partial charge on any atom is 0.239 e. The number of rotatable bonds is 11. The van der Waals surface area contributed by atoms with Gasteiger partial charge in [-0.2, -0.15) is 0 Å². The number of likely N-dealkylation sites (N-methyl/N-ethyl adjacent to an activating group) is 1. The molecule has 2 saturated heterocycles. The highest BCUT2D eigenvalue weighted by Crippen LogP contribution is 2.44. The van der Waals surface area contributed by atoms with Crippen LogP contribution >= 0.6 is 22.9 Å². The molecule has 7 atom stereocenters. The number of carbonyl (C=O) groups excluding carboxylic acids is 4. The minimum absolute atomic E-state index is 0.0335. The molecule has 2 heterocycles. The third kappa shape index (κ3) is 8.12. The Labute approximate surface area is 300 Å². The number of ether oxygens (including phenoxy) is 1. The van der Waals surface area contributed by atoms with Crippen LogP contribution in [0.25, 0.3) is 0 Å². The molecule has 5 fully saturated rings. The molecule has 2 N–H and O–H groups in total. The molecule has 48 heavy (non-hydrogen) atoms. The molecule has 1 aromatic rings. The number of amides is 2. The van der Waals surface area contributed by atoms with Crippen molar-refractivity contribution < 1.29 is 23.9 Å². The Morgan fingerprint density at radius 3 is 2.17 bits per heavy atom. The lowest BCUT2D eigenvalue weighted by molar-refractivity contribution is -0.131. The van der Waals surface area contributed by atoms with Crippen molar-refractivity contribution in [1.82, 2.24) is 18.6 Å². The fourth-order valence-corrected chi connectivity index (χ4v) is 11.0. The summed E-state index contributed by atoms with van der Waals surface area (Å²) in [6.07, 6.45) is 13.2. The maximum absolute atomic E-state index is 13.5. The summed E-state index contributed by atoms with van der Waals surface area (Å²) in [7, 11) is 1.96. The maximum atomic E-state index is 13.5. The van der Waals surface area contributed by atoms with Crippen LogP contribution < -0.4 is 15.4 Å². The molecule has 5 aliphatic rings. The number of hydrogen-bond acceptors (Lipinski definition) is 7. The molecule has 1 aromatic carbocycles. The van der Waals surface area contributed by atoms with Crippen LogP contribution in [0.4, 0.5) is 0 Å². The number of likely N-dealkylation sites (tertiary alicyclic amines) is 1. The van der Waals surface area contributed by atoms with Gasteiger partial charge < -0.3 is 15.4 Å². The van der Waals surface area contributed by atoms with Gasteiger partial charge in [0, 0.05) is 42.4 Å². The van der Waals surface area contributed by atoms with Crippen molar-refractivity contribution in [2.45, 2.75) is 134 Å². The molecule has 2 amide bonds. The summed E-state index contributed by atoms with van der Waals surface area (Å²) in [6.45, 7) is 4.84. The molecule has 0 bridgehead atoms. The first-order valence-electron chi connectivity index (χ1n) is 18.6. The number of carbonyl (C=O) groups is 4. The highest BCUT2D eigenvalue weighted by Gasteiger charge is 2.48. The summed E-state index contributed by atoms with van der Waals surface area (Å²) in [6, 6.07) is 7.10. The average molecular weight is 775 g/mol. The molecule has 9 nitrogen and oxygen atoms in total. The minimum atomic E-state index is -0.420. The molecule has 6 rings (SSSR count). The smallest absolute Gasteiger partial charge is 0.239 e. The molecule has 0 aromatic heterocycles. The first kappa shape index (κ1) is 35.8. The number of nitrogens with zero attached hydrogens (tertiary/aromatic N) is 2. The van der Waals surface area contributed by atoms with Crippen molar-refractivity contribution in [1.29, 1.82) is 0 Å². The number of halogens is 1. The van der Waals surface area contributed by atoms with E-state index in [1.165, 1.54) is 24.8 Å². The second kappa shape index (κ2) is 15.9. The summed E-state index contributed by atoms with van der Waals surface area (Å²) >= 11 is 2.31. The predicted octanol–water partition coefficient (Wildman–Crippen LogP) is 5.59. The second-order valence-electron chi connectivity index (χ2n) is 15.6. The van der Waals surface area contributed by atoms with Crippen molar-refractivity contribution in [2.75, 3.05) is 20.1 Å². The van der Waals surface area contributed by atoms with Gasteiger partial charge in [-0.05, 0) is 120 Å². The predicted molar refractivity (Wildman–Crippen MR) is 194 cm³/mol. The van der Waals surface area contributed by atoms with Gasteiger partial charge in [-0.25, -0.2) is 3.11 Å². The van der Waals surface area contributed by atoms with E-state index in [1.54, 1.807) is 13.8 Å². The molecule has 3 saturated carbocycles. The van der Waals surface area contributed by atoms with E-state index in [0.29, 0.717) is 30.7 Å². The van der Waals surface area contributed by atoms with Gasteiger partial charge in [-0.3, -0.25) is 24.1 Å². The zero-order chi connectivity index (χ0) is 33.9. The van der Waals surface area contributed by atoms with Crippen LogP contribution in [-0.4, -0.2) is 81.8 Å². The van der Waals surface area contributed by atoms with Gasteiger partial charge in [0.05, 0.1) is 18.1 Å². The fraction of sp³-hybridized carbons (Fsp3) is 0.737. The molecule has 2 aliphatic heterocycles. The van der Waals surface area contributed by atoms with Crippen LogP contribution in [0.5, 0.6) is 5.75 Å². The molecule has 3 aliphatic carbocycles. The Morgan fingerprint density at radius 2 is 1.48 bits per heavy atom. The summed E-state index contributed by atoms with van der Waals surface area (Å²) in [5.41, 5.74) is 1.24. The Kier molecular flexibility index (Phi) is 11.8. The largest absolute Gasteiger partial charge is 0.489 e. The van der Waals surface area contributed by atoms with E-state index in [-0.39, 0.29) is 53.4 Å². The monoisotopic (exact) mass is 774 g/mol. The Morgan fingerprint density at radius 1 is 0.812 bits per heavy atom. The van der Waals surface area contributed by atoms with E-state index in [1.807, 2.05) is 24.1 Å². The lowest BCUT2D eigenvalue weighted by Crippen LogP contribution is -2.52. The number of Topliss-reactive ketones (excluding diaryl/α,β-unsaturated/α-hetero) is 2. The molecule has 264 valence electrons. The van der Waals surface area contributed by atoms with Crippen molar-refractivity contribution in [2.24, 2.45) is 23.7 Å². The van der Waals surface area contributed by atoms with E-state index >= 15 is 0 Å². The first-order chi connectivity index (χ1) is 23.1. The topological polar surface area (TPSA) is 108 Å². The van der Waals surface area contributed by atoms with Crippen LogP contribution in [-0.2, 0) is 19.2 Å². The first-order valence-corrected chi connectivity index (χ1v) is 19.6. The normalized spacial score (nSPS) is 32.7. The van der Waals surface area contributed by atoms with Crippen LogP contribution in [0.1, 0.15) is 109 Å². The summed E-state index contributed by atoms with van der Waals surface area (Å²) in [5.74, 6) is 2.68. The quantitative estimate of drug-likeness (QED) is 0.223. The molecule has 0 unspecified atom stereocenters. The van der Waals surface area contributed by atoms with Gasteiger partial charge >= 0.3 is 0 Å². The Hall–Kier alpha value is -2.05. The third-order valence-electron chi connectivity index (χ3n) is 12.4. The van der Waals surface area contributed by atoms with Gasteiger partial charge in [0.2, 0.25) is 11.8 Å². The number of fused-ring (bicyclic) bond motifs is 1. The SMILES string of the molecule is CC(=O)[C@@H](NC(=O)[C@@H]1[C@H]2CCC[C@H]2CN1I)C1CCC(c2cccc(O[C@H]3C[C@@H](C(=O)N[C@H](C(C)=O)C4CCCCC4)N(C)C3)c2)CC1. The number of hydrogen-bond donors (Lipinski definition) is 2. The molecular weight excluding hydrogens is 719 g/mol. The van der Waals surface area contributed by atoms with Crippen molar-refractivity contribution >= 4 is 46.2 Å². The lowest BCUT2D eigenvalue weighted by Gasteiger charge is -2.34. The van der Waals surface area contributed by atoms with Gasteiger partial charge in [0.15, 0.2) is 11.6 Å². The number of benzene rings is 1. The summed E-state index contributed by atoms with van der Waals surface area (Å²) in [5, 5.41) is 6.33. The molecule has 10 heteroatoms. The van der Waals surface area contributed by atoms with Crippen molar-refractivity contribution in [3.05, 3.63) is 29.8 Å². The van der Waals surface area contributed by atoms with Crippen molar-refractivity contribution in [3.63, 3.8) is 0 Å². The van der Waals surface area contributed by atoms with E-state index in [0.717, 1.165) is 70.1 Å². The minimum Gasteiger partial charge on any atom is -0.489 e. The summed E-state index contributed by atoms with van der Waals surface area (Å²) in [4.78, 5) is 54.2. The Balaban J connectivity index is 1.01. The van der Waals surface area contributed by atoms with Gasteiger partial charge in [0.1, 0.15) is 17.9 Å². The van der Waals surface area contributed by atoms with Crippen LogP contribution in [0.15, 0.2) is 24.3 Å². The van der Waals surface area contributed by atoms with Gasteiger partial charge in [0.25, 0.3) is 0 Å². The highest BCUT2D eigenvalue weighted by molar-refractivity contribution is 14.1. The van der Waals surface area contributed by atoms with Gasteiger partial charge in [-0.15, -0.1) is 0 Å². The lowest BCUT2D eigenvalue weighted by atomic mass is 9.75. The van der Waals surface area contributed by atoms with E-state index < -0.39 is 12.1 Å². The molecule has 0 spiro atoms. The highest BCUT2D eigenvalue weighted by atomic mass is 127. The van der Waals surface area contributed by atoms with E-state index in [2.05, 4.69) is 48.7 Å². The van der Waals surface area contributed by atoms with E-state index in [4.69, 9.17) is 4.74 Å². The molecule has 0 radical (unpaired) electrons. The number of ketones is 2.